The normalized spacial score (nSPS) is 15.4. The Morgan fingerprint density at radius 1 is 1.08 bits per heavy atom. The van der Waals surface area contributed by atoms with Gasteiger partial charge in [0.2, 0.25) is 0 Å². The van der Waals surface area contributed by atoms with Crippen molar-refractivity contribution < 1.29 is 0 Å². The van der Waals surface area contributed by atoms with E-state index in [9.17, 15) is 4.79 Å². The van der Waals surface area contributed by atoms with E-state index in [1.807, 2.05) is 25.1 Å². The third-order valence-electron chi connectivity index (χ3n) is 7.46. The zero-order valence-electron chi connectivity index (χ0n) is 21.5. The number of H-pyrrole nitrogens is 1. The van der Waals surface area contributed by atoms with E-state index in [4.69, 9.17) is 0 Å². The summed E-state index contributed by atoms with van der Waals surface area (Å²) in [6.07, 6.45) is 5.58. The molecule has 1 aliphatic rings. The quantitative estimate of drug-likeness (QED) is 0.345. The molecule has 0 aliphatic heterocycles. The van der Waals surface area contributed by atoms with Crippen molar-refractivity contribution in [1.82, 2.24) is 30.1 Å². The monoisotopic (exact) mass is 484 g/mol. The molecule has 0 radical (unpaired) electrons. The van der Waals surface area contributed by atoms with Crippen LogP contribution >= 0.6 is 0 Å². The molecule has 188 valence electrons. The van der Waals surface area contributed by atoms with E-state index in [2.05, 4.69) is 80.3 Å². The maximum absolute atomic E-state index is 13.2. The molecule has 0 spiro atoms. The molecule has 5 rings (SSSR count). The maximum Gasteiger partial charge on any atom is 0.252 e. The van der Waals surface area contributed by atoms with Gasteiger partial charge in [-0.1, -0.05) is 69.2 Å². The summed E-state index contributed by atoms with van der Waals surface area (Å²) in [5.41, 5.74) is 4.03. The number of pyridine rings is 1. The SMILES string of the molecule is Cc1ccc2cc(CN(CCc3ccccc3)[C@@H](c3nnnn3C3CCCC3)C(C)C)c(=O)[nH]c2c1. The number of aryl methyl sites for hydroxylation is 1. The zero-order chi connectivity index (χ0) is 25.1. The standard InChI is InChI=1S/C29H36N6O/c1-20(2)27(28-31-32-33-35(28)25-11-7-8-12-25)34(16-15-22-9-5-4-6-10-22)19-24-18-23-14-13-21(3)17-26(23)30-29(24)36/h4-6,9-10,13-14,17-18,20,25,27H,7-8,11-12,15-16,19H2,1-3H3,(H,30,36)/t27-/m1/s1. The van der Waals surface area contributed by atoms with Gasteiger partial charge in [-0.2, -0.15) is 0 Å². The molecular formula is C29H36N6O. The first-order valence-corrected chi connectivity index (χ1v) is 13.2. The van der Waals surface area contributed by atoms with Crippen molar-refractivity contribution in [3.05, 3.63) is 87.5 Å². The van der Waals surface area contributed by atoms with Crippen molar-refractivity contribution in [3.8, 4) is 0 Å². The van der Waals surface area contributed by atoms with Crippen LogP contribution in [0.2, 0.25) is 0 Å². The van der Waals surface area contributed by atoms with Gasteiger partial charge in [-0.15, -0.1) is 5.10 Å². The van der Waals surface area contributed by atoms with E-state index >= 15 is 0 Å². The van der Waals surface area contributed by atoms with Gasteiger partial charge < -0.3 is 4.98 Å². The summed E-state index contributed by atoms with van der Waals surface area (Å²) in [7, 11) is 0. The summed E-state index contributed by atoms with van der Waals surface area (Å²) in [5, 5.41) is 14.2. The number of hydrogen-bond donors (Lipinski definition) is 1. The molecule has 0 bridgehead atoms. The Kier molecular flexibility index (Phi) is 7.28. The number of benzene rings is 2. The minimum absolute atomic E-state index is 0.00238. The minimum atomic E-state index is -0.0318. The molecule has 1 fully saturated rings. The first-order valence-electron chi connectivity index (χ1n) is 13.2. The Bertz CT molecular complexity index is 1350. The van der Waals surface area contributed by atoms with Crippen LogP contribution in [0.15, 0.2) is 59.4 Å². The molecule has 2 heterocycles. The Hall–Kier alpha value is -3.32. The number of nitrogens with one attached hydrogen (secondary N) is 1. The number of fused-ring (bicyclic) bond motifs is 1. The molecule has 2 aromatic carbocycles. The lowest BCUT2D eigenvalue weighted by atomic mass is 9.99. The van der Waals surface area contributed by atoms with Crippen molar-refractivity contribution in [2.45, 2.75) is 71.5 Å². The molecule has 7 nitrogen and oxygen atoms in total. The van der Waals surface area contributed by atoms with Crippen LogP contribution in [0.5, 0.6) is 0 Å². The number of rotatable bonds is 9. The summed E-state index contributed by atoms with van der Waals surface area (Å²) in [4.78, 5) is 18.7. The number of tetrazole rings is 1. The van der Waals surface area contributed by atoms with Crippen LogP contribution in [-0.2, 0) is 13.0 Å². The molecule has 1 atom stereocenters. The highest BCUT2D eigenvalue weighted by molar-refractivity contribution is 5.79. The molecule has 0 saturated heterocycles. The number of nitrogens with zero attached hydrogens (tertiary/aromatic N) is 5. The second-order valence-electron chi connectivity index (χ2n) is 10.5. The predicted octanol–water partition coefficient (Wildman–Crippen LogP) is 5.38. The van der Waals surface area contributed by atoms with Crippen LogP contribution in [0.4, 0.5) is 0 Å². The molecule has 7 heteroatoms. The van der Waals surface area contributed by atoms with Gasteiger partial charge in [-0.3, -0.25) is 9.69 Å². The Balaban J connectivity index is 1.51. The largest absolute Gasteiger partial charge is 0.322 e. The molecule has 2 aromatic heterocycles. The number of aromatic nitrogens is 5. The average molecular weight is 485 g/mol. The van der Waals surface area contributed by atoms with E-state index in [1.165, 1.54) is 18.4 Å². The first-order chi connectivity index (χ1) is 17.5. The molecule has 4 aromatic rings. The van der Waals surface area contributed by atoms with E-state index in [1.54, 1.807) is 0 Å². The topological polar surface area (TPSA) is 79.7 Å². The number of aromatic amines is 1. The third kappa shape index (κ3) is 5.26. The lowest BCUT2D eigenvalue weighted by Crippen LogP contribution is -2.37. The van der Waals surface area contributed by atoms with Gasteiger partial charge in [-0.25, -0.2) is 4.68 Å². The van der Waals surface area contributed by atoms with Gasteiger partial charge in [0, 0.05) is 24.2 Å². The molecule has 36 heavy (non-hydrogen) atoms. The van der Waals surface area contributed by atoms with Crippen LogP contribution in [0.3, 0.4) is 0 Å². The highest BCUT2D eigenvalue weighted by Gasteiger charge is 2.32. The highest BCUT2D eigenvalue weighted by Crippen LogP contribution is 2.34. The first kappa shape index (κ1) is 24.4. The van der Waals surface area contributed by atoms with Gasteiger partial charge in [0.25, 0.3) is 5.56 Å². The number of hydrogen-bond acceptors (Lipinski definition) is 5. The fourth-order valence-electron chi connectivity index (χ4n) is 5.62. The Morgan fingerprint density at radius 3 is 2.61 bits per heavy atom. The molecular weight excluding hydrogens is 448 g/mol. The lowest BCUT2D eigenvalue weighted by Gasteiger charge is -2.34. The van der Waals surface area contributed by atoms with E-state index in [0.717, 1.165) is 53.7 Å². The van der Waals surface area contributed by atoms with Crippen LogP contribution < -0.4 is 5.56 Å². The molecule has 0 amide bonds. The van der Waals surface area contributed by atoms with Crippen LogP contribution in [0, 0.1) is 12.8 Å². The van der Waals surface area contributed by atoms with Crippen molar-refractivity contribution >= 4 is 10.9 Å². The van der Waals surface area contributed by atoms with Crippen molar-refractivity contribution in [2.75, 3.05) is 6.54 Å². The minimum Gasteiger partial charge on any atom is -0.322 e. The average Bonchev–Trinajstić information content (AvgIpc) is 3.56. The summed E-state index contributed by atoms with van der Waals surface area (Å²) in [6, 6.07) is 19.1. The molecule has 0 unspecified atom stereocenters. The second kappa shape index (κ2) is 10.7. The van der Waals surface area contributed by atoms with Crippen molar-refractivity contribution in [1.29, 1.82) is 0 Å². The van der Waals surface area contributed by atoms with Gasteiger partial charge >= 0.3 is 0 Å². The van der Waals surface area contributed by atoms with Gasteiger partial charge in [0.1, 0.15) is 0 Å². The van der Waals surface area contributed by atoms with Gasteiger partial charge in [0.05, 0.1) is 12.1 Å². The Labute approximate surface area is 212 Å². The van der Waals surface area contributed by atoms with E-state index in [-0.39, 0.29) is 17.5 Å². The third-order valence-corrected chi connectivity index (χ3v) is 7.46. The second-order valence-corrected chi connectivity index (χ2v) is 10.5. The smallest absolute Gasteiger partial charge is 0.252 e. The van der Waals surface area contributed by atoms with E-state index < -0.39 is 0 Å². The summed E-state index contributed by atoms with van der Waals surface area (Å²) < 4.78 is 2.07. The predicted molar refractivity (Wildman–Crippen MR) is 143 cm³/mol. The summed E-state index contributed by atoms with van der Waals surface area (Å²) in [5.74, 6) is 1.19. The van der Waals surface area contributed by atoms with Crippen molar-refractivity contribution in [2.24, 2.45) is 5.92 Å². The van der Waals surface area contributed by atoms with Crippen LogP contribution in [0.1, 0.15) is 74.1 Å². The maximum atomic E-state index is 13.2. The molecule has 1 aliphatic carbocycles. The van der Waals surface area contributed by atoms with E-state index in [0.29, 0.717) is 12.6 Å². The van der Waals surface area contributed by atoms with Crippen molar-refractivity contribution in [3.63, 3.8) is 0 Å². The fraction of sp³-hybridized carbons (Fsp3) is 0.448. The summed E-state index contributed by atoms with van der Waals surface area (Å²) >= 11 is 0. The lowest BCUT2D eigenvalue weighted by molar-refractivity contribution is 0.133. The summed E-state index contributed by atoms with van der Waals surface area (Å²) in [6.45, 7) is 7.82. The fourth-order valence-corrected chi connectivity index (χ4v) is 5.62. The van der Waals surface area contributed by atoms with Crippen LogP contribution in [-0.4, -0.2) is 36.6 Å². The van der Waals surface area contributed by atoms with Crippen LogP contribution in [0.25, 0.3) is 10.9 Å². The zero-order valence-corrected chi connectivity index (χ0v) is 21.5. The molecule has 1 N–H and O–H groups in total. The molecule has 1 saturated carbocycles. The highest BCUT2D eigenvalue weighted by atomic mass is 16.1. The van der Waals surface area contributed by atoms with Gasteiger partial charge in [-0.05, 0) is 71.2 Å². The van der Waals surface area contributed by atoms with Gasteiger partial charge in [0.15, 0.2) is 5.82 Å². The Morgan fingerprint density at radius 2 is 1.86 bits per heavy atom.